The average molecular weight is 648 g/mol. The van der Waals surface area contributed by atoms with Crippen LogP contribution in [0.5, 0.6) is 0 Å². The Morgan fingerprint density at radius 1 is 0.375 bits per heavy atom. The van der Waals surface area contributed by atoms with Crippen LogP contribution in [0.2, 0.25) is 0 Å². The molecule has 0 aromatic heterocycles. The molecule has 0 unspecified atom stereocenters. The quantitative estimate of drug-likeness (QED) is 0.0856. The second-order valence-corrected chi connectivity index (χ2v) is 8.97. The average Bonchev–Trinajstić information content (AvgIpc) is 1.94. The van der Waals surface area contributed by atoms with Gasteiger partial charge in [0.2, 0.25) is 0 Å². The minimum Gasteiger partial charge on any atom is -0.822 e. The maximum atomic E-state index is 8.88. The molecule has 0 aromatic rings. The van der Waals surface area contributed by atoms with E-state index in [1.54, 1.807) is 0 Å². The molecule has 0 amide bonds. The van der Waals surface area contributed by atoms with Gasteiger partial charge in [-0.15, -0.1) is 0 Å². The van der Waals surface area contributed by atoms with Gasteiger partial charge in [0.25, 0.3) is 7.82 Å². The molecule has 192 valence electrons. The minimum atomic E-state index is -5.39. The third-order valence-electron chi connectivity index (χ3n) is 0. The van der Waals surface area contributed by atoms with Gasteiger partial charge in [-0.25, -0.2) is 18.3 Å². The predicted molar refractivity (Wildman–Crippen MR) is 88.2 cm³/mol. The summed E-state index contributed by atoms with van der Waals surface area (Å²) >= 11 is 0. The Kier molecular flexibility index (Phi) is 41.5. The van der Waals surface area contributed by atoms with E-state index in [-0.39, 0.29) is 60.8 Å². The third kappa shape index (κ3) is 4550. The molecule has 0 aromatic carbocycles. The van der Waals surface area contributed by atoms with E-state index in [4.69, 9.17) is 115 Å². The zero-order valence-corrected chi connectivity index (χ0v) is 23.4. The van der Waals surface area contributed by atoms with Gasteiger partial charge in [-0.05, 0) is 0 Å². The van der Waals surface area contributed by atoms with Crippen molar-refractivity contribution in [3.8, 4) is 0 Å². The fraction of sp³-hybridized carbons (Fsp3) is 0. The van der Waals surface area contributed by atoms with Gasteiger partial charge in [0.05, 0.1) is 0 Å². The fourth-order valence-electron chi connectivity index (χ4n) is 0. The molecule has 0 aliphatic carbocycles. The van der Waals surface area contributed by atoms with E-state index in [1.807, 2.05) is 0 Å². The van der Waals surface area contributed by atoms with Crippen LogP contribution in [-0.2, 0) is 27.4 Å². The molecule has 0 spiro atoms. The standard InChI is InChI=1S/Ca.Mg.6H3O4P/c;;6*1-5(2,3)4/h;;6*(H3,1,2,3,4)/q2*+2;;;;;;/p-4. The first kappa shape index (κ1) is 55.3. The number of hydrogen-bond donors (Lipinski definition) is 14. The van der Waals surface area contributed by atoms with Gasteiger partial charge < -0.3 is 92.6 Å². The van der Waals surface area contributed by atoms with Crippen LogP contribution in [0.25, 0.3) is 0 Å². The van der Waals surface area contributed by atoms with E-state index in [2.05, 4.69) is 0 Å². The Balaban J connectivity index is -0.0000000356. The first-order valence-electron chi connectivity index (χ1n) is 4.63. The summed E-state index contributed by atoms with van der Waals surface area (Å²) in [6.45, 7) is 0. The van der Waals surface area contributed by atoms with E-state index in [0.29, 0.717) is 0 Å². The number of rotatable bonds is 0. The maximum absolute atomic E-state index is 8.88. The summed E-state index contributed by atoms with van der Waals surface area (Å²) in [5.41, 5.74) is 0. The number of hydrogen-bond acceptors (Lipinski definition) is 10. The molecule has 0 bridgehead atoms. The molecule has 0 radical (unpaired) electrons. The summed E-state index contributed by atoms with van der Waals surface area (Å²) in [5.74, 6) is 0. The molecular formula is H14CaMgO24P6. The molecule has 24 nitrogen and oxygen atoms in total. The van der Waals surface area contributed by atoms with E-state index >= 15 is 0 Å². The molecular weight excluding hydrogens is 634 g/mol. The predicted octanol–water partition coefficient (Wildman–Crippen LogP) is -8.86. The summed E-state index contributed by atoms with van der Waals surface area (Å²) in [6.07, 6.45) is 0. The second-order valence-electron chi connectivity index (χ2n) is 2.99. The summed E-state index contributed by atoms with van der Waals surface area (Å²) in [6, 6.07) is 0. The molecule has 0 atom stereocenters. The van der Waals surface area contributed by atoms with Crippen LogP contribution in [0.1, 0.15) is 0 Å². The Hall–Kier alpha value is 2.69. The molecule has 32 heavy (non-hydrogen) atoms. The summed E-state index contributed by atoms with van der Waals surface area (Å²) in [7, 11) is -28.8. The van der Waals surface area contributed by atoms with Crippen molar-refractivity contribution in [2.45, 2.75) is 0 Å². The molecule has 14 N–H and O–H groups in total. The molecule has 0 aliphatic heterocycles. The van der Waals surface area contributed by atoms with Crippen molar-refractivity contribution >= 4 is 108 Å². The van der Waals surface area contributed by atoms with Gasteiger partial charge in [0.1, 0.15) is 0 Å². The third-order valence-corrected chi connectivity index (χ3v) is 0. The number of phosphoric acid groups is 6. The topological polar surface area (TPSA) is 478 Å². The Morgan fingerprint density at radius 2 is 0.375 bits per heavy atom. The molecule has 0 rings (SSSR count). The van der Waals surface area contributed by atoms with Gasteiger partial charge in [0, 0.05) is 0 Å². The van der Waals surface area contributed by atoms with Crippen LogP contribution in [0, 0.1) is 0 Å². The first-order chi connectivity index (χ1) is 12.0. The Morgan fingerprint density at radius 3 is 0.375 bits per heavy atom. The van der Waals surface area contributed by atoms with Crippen molar-refractivity contribution in [2.75, 3.05) is 0 Å². The summed E-state index contributed by atoms with van der Waals surface area (Å²) < 4.78 is 52.8. The van der Waals surface area contributed by atoms with Crippen LogP contribution in [0.4, 0.5) is 0 Å². The molecule has 0 heterocycles. The minimum absolute atomic E-state index is 0. The van der Waals surface area contributed by atoms with Crippen LogP contribution < -0.4 is 19.6 Å². The van der Waals surface area contributed by atoms with E-state index in [9.17, 15) is 0 Å². The normalized spacial score (nSPS) is 11.1. The largest absolute Gasteiger partial charge is 2.00 e. The SMILES string of the molecule is O=P(O)(O)O.O=P(O)(O)O.O=P(O)(O)O.O=P(O)(O)O.O=P([O-])(O)O.O=P([O-])([O-])[O-].[Ca+2].[Mg+2]. The molecule has 0 fully saturated rings. The van der Waals surface area contributed by atoms with E-state index in [1.165, 1.54) is 0 Å². The summed E-state index contributed by atoms with van der Waals surface area (Å²) in [5, 5.41) is 0. The van der Waals surface area contributed by atoms with Gasteiger partial charge in [0.15, 0.2) is 0 Å². The van der Waals surface area contributed by atoms with Crippen molar-refractivity contribution in [3.05, 3.63) is 0 Å². The van der Waals surface area contributed by atoms with Crippen molar-refractivity contribution in [1.29, 1.82) is 0 Å². The van der Waals surface area contributed by atoms with Crippen LogP contribution >= 0.6 is 46.9 Å². The van der Waals surface area contributed by atoms with Crippen LogP contribution in [-0.4, -0.2) is 129 Å². The van der Waals surface area contributed by atoms with Gasteiger partial charge in [-0.2, -0.15) is 7.82 Å². The first-order valence-corrected chi connectivity index (χ1v) is 13.9. The van der Waals surface area contributed by atoms with Crippen molar-refractivity contribution in [1.82, 2.24) is 0 Å². The smallest absolute Gasteiger partial charge is 0.822 e. The fourth-order valence-corrected chi connectivity index (χ4v) is 0. The van der Waals surface area contributed by atoms with Crippen LogP contribution in [0.15, 0.2) is 0 Å². The van der Waals surface area contributed by atoms with Crippen molar-refractivity contribution in [3.63, 3.8) is 0 Å². The molecule has 0 saturated carbocycles. The van der Waals surface area contributed by atoms with Crippen molar-refractivity contribution < 1.29 is 115 Å². The molecule has 0 aliphatic rings. The van der Waals surface area contributed by atoms with Gasteiger partial charge >= 0.3 is 92.1 Å². The zero-order valence-electron chi connectivity index (χ0n) is 14.4. The van der Waals surface area contributed by atoms with E-state index < -0.39 is 46.9 Å². The molecule has 32 heteroatoms. The van der Waals surface area contributed by atoms with Gasteiger partial charge in [-0.1, -0.05) is 0 Å². The van der Waals surface area contributed by atoms with Gasteiger partial charge in [-0.3, -0.25) is 4.57 Å². The Labute approximate surface area is 221 Å². The van der Waals surface area contributed by atoms with Crippen molar-refractivity contribution in [2.24, 2.45) is 0 Å². The molecule has 0 saturated heterocycles. The summed E-state index contributed by atoms with van der Waals surface area (Å²) in [4.78, 5) is 135. The monoisotopic (exact) mass is 648 g/mol. The van der Waals surface area contributed by atoms with Crippen LogP contribution in [0.3, 0.4) is 0 Å². The van der Waals surface area contributed by atoms with E-state index in [0.717, 1.165) is 0 Å². The maximum Gasteiger partial charge on any atom is 2.00 e. The zero-order chi connectivity index (χ0) is 27.0. The Bertz CT molecular complexity index is 467. The second kappa shape index (κ2) is 24.0.